The van der Waals surface area contributed by atoms with Crippen LogP contribution in [-0.4, -0.2) is 39.8 Å². The maximum absolute atomic E-state index is 12.3. The minimum absolute atomic E-state index is 0.132. The highest BCUT2D eigenvalue weighted by Crippen LogP contribution is 2.44. The van der Waals surface area contributed by atoms with Gasteiger partial charge in [-0.05, 0) is 51.9 Å². The number of carbonyl (C=O) groups excluding carboxylic acids is 1. The molecule has 2 aliphatic rings. The van der Waals surface area contributed by atoms with Crippen molar-refractivity contribution in [1.82, 2.24) is 4.90 Å². The molecule has 0 saturated carbocycles. The summed E-state index contributed by atoms with van der Waals surface area (Å²) in [5, 5.41) is 9.00. The quantitative estimate of drug-likeness (QED) is 0.846. The largest absolute Gasteiger partial charge is 0.481 e. The van der Waals surface area contributed by atoms with E-state index in [2.05, 4.69) is 6.92 Å². The number of aliphatic carboxylic acids is 1. The van der Waals surface area contributed by atoms with Gasteiger partial charge in [-0.3, -0.25) is 4.79 Å². The van der Waals surface area contributed by atoms with Crippen LogP contribution < -0.4 is 0 Å². The molecule has 0 radical (unpaired) electrons. The van der Waals surface area contributed by atoms with Crippen LogP contribution in [0.5, 0.6) is 0 Å². The highest BCUT2D eigenvalue weighted by molar-refractivity contribution is 5.70. The van der Waals surface area contributed by atoms with Crippen molar-refractivity contribution < 1.29 is 19.4 Å². The third-order valence-electron chi connectivity index (χ3n) is 4.51. The molecule has 2 saturated heterocycles. The Hall–Kier alpha value is -1.26. The number of hydrogen-bond donors (Lipinski definition) is 1. The zero-order valence-corrected chi connectivity index (χ0v) is 12.8. The molecular weight excluding hydrogens is 258 g/mol. The van der Waals surface area contributed by atoms with E-state index in [-0.39, 0.29) is 36.4 Å². The number of amides is 1. The van der Waals surface area contributed by atoms with Gasteiger partial charge in [0.15, 0.2) is 0 Å². The predicted octanol–water partition coefficient (Wildman–Crippen LogP) is 2.89. The van der Waals surface area contributed by atoms with Crippen LogP contribution in [0.4, 0.5) is 4.79 Å². The lowest BCUT2D eigenvalue weighted by atomic mass is 9.79. The van der Waals surface area contributed by atoms with Crippen LogP contribution >= 0.6 is 0 Å². The summed E-state index contributed by atoms with van der Waals surface area (Å²) in [6.07, 6.45) is 2.66. The van der Waals surface area contributed by atoms with Crippen molar-refractivity contribution in [2.75, 3.05) is 0 Å². The number of carboxylic acid groups (broad SMARTS) is 1. The van der Waals surface area contributed by atoms with Gasteiger partial charge in [0.05, 0.1) is 0 Å². The molecule has 4 atom stereocenters. The highest BCUT2D eigenvalue weighted by atomic mass is 16.6. The summed E-state index contributed by atoms with van der Waals surface area (Å²) in [5.41, 5.74) is -0.488. The normalized spacial score (nSPS) is 33.1. The smallest absolute Gasteiger partial charge is 0.410 e. The predicted molar refractivity (Wildman–Crippen MR) is 74.4 cm³/mol. The van der Waals surface area contributed by atoms with Gasteiger partial charge in [-0.15, -0.1) is 0 Å². The van der Waals surface area contributed by atoms with E-state index in [1.807, 2.05) is 25.7 Å². The molecule has 5 nitrogen and oxygen atoms in total. The highest BCUT2D eigenvalue weighted by Gasteiger charge is 2.48. The molecule has 4 unspecified atom stereocenters. The number of carboxylic acids is 1. The fraction of sp³-hybridized carbons (Fsp3) is 0.867. The Bertz CT molecular complexity index is 401. The topological polar surface area (TPSA) is 66.8 Å². The van der Waals surface area contributed by atoms with E-state index >= 15 is 0 Å². The molecule has 2 heterocycles. The molecule has 20 heavy (non-hydrogen) atoms. The Morgan fingerprint density at radius 2 is 1.95 bits per heavy atom. The number of piperidine rings is 1. The van der Waals surface area contributed by atoms with Crippen molar-refractivity contribution in [2.24, 2.45) is 11.8 Å². The monoisotopic (exact) mass is 283 g/mol. The summed E-state index contributed by atoms with van der Waals surface area (Å²) in [5.74, 6) is -0.354. The van der Waals surface area contributed by atoms with Crippen molar-refractivity contribution in [2.45, 2.75) is 71.1 Å². The van der Waals surface area contributed by atoms with Crippen LogP contribution in [0.15, 0.2) is 0 Å². The SMILES string of the molecule is CC1C(CC(=O)O)CC2CCC1N2C(=O)OC(C)(C)C. The van der Waals surface area contributed by atoms with Gasteiger partial charge in [-0.25, -0.2) is 4.79 Å². The van der Waals surface area contributed by atoms with E-state index < -0.39 is 11.6 Å². The molecule has 2 rings (SSSR count). The van der Waals surface area contributed by atoms with E-state index in [1.54, 1.807) is 0 Å². The molecule has 2 aliphatic heterocycles. The Labute approximate surface area is 120 Å². The Morgan fingerprint density at radius 1 is 1.30 bits per heavy atom. The second kappa shape index (κ2) is 5.26. The first-order chi connectivity index (χ1) is 9.19. The van der Waals surface area contributed by atoms with E-state index in [4.69, 9.17) is 9.84 Å². The first-order valence-electron chi connectivity index (χ1n) is 7.42. The molecule has 0 aromatic heterocycles. The van der Waals surface area contributed by atoms with Crippen molar-refractivity contribution in [3.8, 4) is 0 Å². The fourth-order valence-corrected chi connectivity index (χ4v) is 3.63. The Kier molecular flexibility index (Phi) is 3.98. The van der Waals surface area contributed by atoms with Crippen molar-refractivity contribution in [1.29, 1.82) is 0 Å². The van der Waals surface area contributed by atoms with Crippen LogP contribution in [0.2, 0.25) is 0 Å². The molecule has 0 spiro atoms. The fourth-order valence-electron chi connectivity index (χ4n) is 3.63. The molecule has 0 aliphatic carbocycles. The minimum atomic E-state index is -0.744. The number of hydrogen-bond acceptors (Lipinski definition) is 3. The minimum Gasteiger partial charge on any atom is -0.481 e. The van der Waals surface area contributed by atoms with Gasteiger partial charge in [-0.1, -0.05) is 6.92 Å². The molecule has 114 valence electrons. The summed E-state index contributed by atoms with van der Waals surface area (Å²) >= 11 is 0. The van der Waals surface area contributed by atoms with E-state index in [1.165, 1.54) is 0 Å². The zero-order chi connectivity index (χ0) is 15.1. The summed E-state index contributed by atoms with van der Waals surface area (Å²) in [6.45, 7) is 7.67. The Morgan fingerprint density at radius 3 is 2.50 bits per heavy atom. The lowest BCUT2D eigenvalue weighted by Gasteiger charge is -2.43. The van der Waals surface area contributed by atoms with E-state index in [0.29, 0.717) is 0 Å². The number of carbonyl (C=O) groups is 2. The summed E-state index contributed by atoms with van der Waals surface area (Å²) in [6, 6.07) is 0.281. The van der Waals surface area contributed by atoms with E-state index in [9.17, 15) is 9.59 Å². The third-order valence-corrected chi connectivity index (χ3v) is 4.51. The van der Waals surface area contributed by atoms with Crippen LogP contribution in [0.25, 0.3) is 0 Å². The van der Waals surface area contributed by atoms with Crippen molar-refractivity contribution >= 4 is 12.1 Å². The van der Waals surface area contributed by atoms with Crippen LogP contribution in [0, 0.1) is 11.8 Å². The average Bonchev–Trinajstić information content (AvgIpc) is 2.61. The molecule has 1 amide bonds. The Balaban J connectivity index is 2.08. The second-order valence-corrected chi connectivity index (χ2v) is 7.14. The maximum Gasteiger partial charge on any atom is 0.410 e. The third kappa shape index (κ3) is 3.07. The second-order valence-electron chi connectivity index (χ2n) is 7.14. The standard InChI is InChI=1S/C15H25NO4/c1-9-10(8-13(17)18)7-11-5-6-12(9)16(11)14(19)20-15(2,3)4/h9-12H,5-8H2,1-4H3,(H,17,18). The first-order valence-corrected chi connectivity index (χ1v) is 7.42. The van der Waals surface area contributed by atoms with Gasteiger partial charge >= 0.3 is 12.1 Å². The lowest BCUT2D eigenvalue weighted by molar-refractivity contribution is -0.139. The van der Waals surface area contributed by atoms with Crippen molar-refractivity contribution in [3.63, 3.8) is 0 Å². The maximum atomic E-state index is 12.3. The molecule has 0 aromatic carbocycles. The summed E-state index contributed by atoms with van der Waals surface area (Å²) < 4.78 is 5.49. The average molecular weight is 283 g/mol. The van der Waals surface area contributed by atoms with Gasteiger partial charge in [0, 0.05) is 18.5 Å². The van der Waals surface area contributed by atoms with Crippen LogP contribution in [0.1, 0.15) is 53.4 Å². The zero-order valence-electron chi connectivity index (χ0n) is 12.8. The van der Waals surface area contributed by atoms with Crippen molar-refractivity contribution in [3.05, 3.63) is 0 Å². The van der Waals surface area contributed by atoms with Gasteiger partial charge < -0.3 is 14.7 Å². The molecule has 2 fully saturated rings. The number of ether oxygens (including phenoxy) is 1. The molecule has 5 heteroatoms. The van der Waals surface area contributed by atoms with Gasteiger partial charge in [0.2, 0.25) is 0 Å². The number of fused-ring (bicyclic) bond motifs is 2. The van der Waals surface area contributed by atoms with Gasteiger partial charge in [0.25, 0.3) is 0 Å². The molecular formula is C15H25NO4. The van der Waals surface area contributed by atoms with Gasteiger partial charge in [-0.2, -0.15) is 0 Å². The van der Waals surface area contributed by atoms with E-state index in [0.717, 1.165) is 19.3 Å². The molecule has 0 aromatic rings. The van der Waals surface area contributed by atoms with Crippen LogP contribution in [-0.2, 0) is 9.53 Å². The summed E-state index contributed by atoms with van der Waals surface area (Å²) in [7, 11) is 0. The number of nitrogens with zero attached hydrogens (tertiary/aromatic N) is 1. The molecule has 1 N–H and O–H groups in total. The van der Waals surface area contributed by atoms with Crippen LogP contribution in [0.3, 0.4) is 0 Å². The summed E-state index contributed by atoms with van der Waals surface area (Å²) in [4.78, 5) is 25.2. The van der Waals surface area contributed by atoms with Gasteiger partial charge in [0.1, 0.15) is 5.60 Å². The number of rotatable bonds is 2. The molecule has 2 bridgehead atoms. The lowest BCUT2D eigenvalue weighted by Crippen LogP contribution is -2.52. The first kappa shape index (κ1) is 15.1.